The second kappa shape index (κ2) is 3.64. The fraction of sp³-hybridized carbons (Fsp3) is 0.538. The van der Waals surface area contributed by atoms with Gasteiger partial charge in [0.1, 0.15) is 5.75 Å². The SMILES string of the molecule is CC1CCC(O)c2c(Cl)cc3c(c21)OCC3. The van der Waals surface area contributed by atoms with Crippen LogP contribution in [0.5, 0.6) is 5.75 Å². The highest BCUT2D eigenvalue weighted by molar-refractivity contribution is 6.31. The lowest BCUT2D eigenvalue weighted by atomic mass is 9.80. The van der Waals surface area contributed by atoms with Crippen LogP contribution < -0.4 is 4.74 Å². The Hall–Kier alpha value is -0.730. The molecule has 1 N–H and O–H groups in total. The summed E-state index contributed by atoms with van der Waals surface area (Å²) in [7, 11) is 0. The molecule has 1 aromatic carbocycles. The van der Waals surface area contributed by atoms with E-state index in [-0.39, 0.29) is 0 Å². The second-order valence-corrected chi connectivity index (χ2v) is 5.17. The first-order chi connectivity index (χ1) is 7.68. The quantitative estimate of drug-likeness (QED) is 0.752. The summed E-state index contributed by atoms with van der Waals surface area (Å²) in [6.45, 7) is 2.92. The third-order valence-corrected chi connectivity index (χ3v) is 4.01. The highest BCUT2D eigenvalue weighted by Crippen LogP contribution is 2.48. The van der Waals surface area contributed by atoms with Crippen LogP contribution in [0.2, 0.25) is 5.02 Å². The highest BCUT2D eigenvalue weighted by atomic mass is 35.5. The number of aliphatic hydroxyl groups is 1. The van der Waals surface area contributed by atoms with Gasteiger partial charge in [0.15, 0.2) is 0 Å². The van der Waals surface area contributed by atoms with E-state index in [0.717, 1.165) is 42.7 Å². The van der Waals surface area contributed by atoms with Gasteiger partial charge in [-0.15, -0.1) is 0 Å². The molecule has 0 bridgehead atoms. The van der Waals surface area contributed by atoms with Crippen molar-refractivity contribution in [3.63, 3.8) is 0 Å². The van der Waals surface area contributed by atoms with Crippen molar-refractivity contribution in [3.8, 4) is 5.75 Å². The maximum Gasteiger partial charge on any atom is 0.126 e. The van der Waals surface area contributed by atoms with E-state index >= 15 is 0 Å². The van der Waals surface area contributed by atoms with Crippen LogP contribution in [0.4, 0.5) is 0 Å². The molecule has 0 amide bonds. The molecule has 0 saturated heterocycles. The smallest absolute Gasteiger partial charge is 0.126 e. The maximum absolute atomic E-state index is 10.1. The first-order valence-corrected chi connectivity index (χ1v) is 6.22. The molecule has 2 atom stereocenters. The summed E-state index contributed by atoms with van der Waals surface area (Å²) in [6.07, 6.45) is 2.32. The average molecular weight is 239 g/mol. The lowest BCUT2D eigenvalue weighted by Crippen LogP contribution is -2.14. The van der Waals surface area contributed by atoms with Gasteiger partial charge in [0.05, 0.1) is 12.7 Å². The summed E-state index contributed by atoms with van der Waals surface area (Å²) in [4.78, 5) is 0. The third kappa shape index (κ3) is 1.36. The molecule has 0 spiro atoms. The van der Waals surface area contributed by atoms with Crippen LogP contribution in [0, 0.1) is 0 Å². The molecule has 2 unspecified atom stereocenters. The standard InChI is InChI=1S/C13H15ClO2/c1-7-2-3-10(15)12-9(14)6-8-4-5-16-13(8)11(7)12/h6-7,10,15H,2-5H2,1H3. The van der Waals surface area contributed by atoms with Crippen LogP contribution in [0.3, 0.4) is 0 Å². The summed E-state index contributed by atoms with van der Waals surface area (Å²) in [5.41, 5.74) is 3.25. The van der Waals surface area contributed by atoms with Crippen LogP contribution in [0.15, 0.2) is 6.07 Å². The van der Waals surface area contributed by atoms with Crippen LogP contribution in [0.1, 0.15) is 48.5 Å². The van der Waals surface area contributed by atoms with Crippen LogP contribution in [-0.2, 0) is 6.42 Å². The summed E-state index contributed by atoms with van der Waals surface area (Å²) < 4.78 is 5.70. The lowest BCUT2D eigenvalue weighted by Gasteiger charge is -2.29. The molecule has 86 valence electrons. The van der Waals surface area contributed by atoms with E-state index in [1.807, 2.05) is 6.07 Å². The van der Waals surface area contributed by atoms with E-state index in [4.69, 9.17) is 16.3 Å². The Kier molecular flexibility index (Phi) is 2.37. The Morgan fingerprint density at radius 1 is 1.38 bits per heavy atom. The Morgan fingerprint density at radius 2 is 2.19 bits per heavy atom. The average Bonchev–Trinajstić information content (AvgIpc) is 2.70. The highest BCUT2D eigenvalue weighted by Gasteiger charge is 2.32. The molecule has 16 heavy (non-hydrogen) atoms. The molecule has 0 aromatic heterocycles. The summed E-state index contributed by atoms with van der Waals surface area (Å²) in [5.74, 6) is 1.43. The predicted octanol–water partition coefficient (Wildman–Crippen LogP) is 3.21. The van der Waals surface area contributed by atoms with Crippen molar-refractivity contribution in [2.24, 2.45) is 0 Å². The zero-order chi connectivity index (χ0) is 11.3. The molecule has 1 aliphatic carbocycles. The van der Waals surface area contributed by atoms with Crippen molar-refractivity contribution in [2.75, 3.05) is 6.61 Å². The van der Waals surface area contributed by atoms with Crippen molar-refractivity contribution in [1.29, 1.82) is 0 Å². The van der Waals surface area contributed by atoms with E-state index in [1.165, 1.54) is 5.56 Å². The minimum Gasteiger partial charge on any atom is -0.493 e. The monoisotopic (exact) mass is 238 g/mol. The molecule has 3 rings (SSSR count). The first-order valence-electron chi connectivity index (χ1n) is 5.84. The van der Waals surface area contributed by atoms with Crippen molar-refractivity contribution in [1.82, 2.24) is 0 Å². The molecule has 1 aliphatic heterocycles. The molecule has 3 heteroatoms. The molecular weight excluding hydrogens is 224 g/mol. The maximum atomic E-state index is 10.1. The Morgan fingerprint density at radius 3 is 3.00 bits per heavy atom. The number of hydrogen-bond acceptors (Lipinski definition) is 2. The minimum absolute atomic E-state index is 0.423. The molecule has 0 radical (unpaired) electrons. The lowest BCUT2D eigenvalue weighted by molar-refractivity contribution is 0.150. The number of hydrogen-bond donors (Lipinski definition) is 1. The fourth-order valence-corrected chi connectivity index (χ4v) is 3.22. The van der Waals surface area contributed by atoms with Gasteiger partial charge in [-0.3, -0.25) is 0 Å². The van der Waals surface area contributed by atoms with Gasteiger partial charge in [-0.25, -0.2) is 0 Å². The third-order valence-electron chi connectivity index (χ3n) is 3.70. The molecular formula is C13H15ClO2. The second-order valence-electron chi connectivity index (χ2n) is 4.77. The molecule has 1 aromatic rings. The van der Waals surface area contributed by atoms with E-state index in [0.29, 0.717) is 10.9 Å². The Labute approximate surface area is 100 Å². The van der Waals surface area contributed by atoms with Gasteiger partial charge in [-0.05, 0) is 30.4 Å². The first kappa shape index (κ1) is 10.4. The fourth-order valence-electron chi connectivity index (χ4n) is 2.86. The topological polar surface area (TPSA) is 29.5 Å². The zero-order valence-corrected chi connectivity index (χ0v) is 10.0. The summed E-state index contributed by atoms with van der Waals surface area (Å²) in [6, 6.07) is 1.96. The van der Waals surface area contributed by atoms with Crippen molar-refractivity contribution >= 4 is 11.6 Å². The number of benzene rings is 1. The van der Waals surface area contributed by atoms with Gasteiger partial charge in [0.2, 0.25) is 0 Å². The normalized spacial score (nSPS) is 27.2. The van der Waals surface area contributed by atoms with Gasteiger partial charge >= 0.3 is 0 Å². The number of rotatable bonds is 0. The number of fused-ring (bicyclic) bond motifs is 3. The molecule has 0 saturated carbocycles. The van der Waals surface area contributed by atoms with E-state index in [2.05, 4.69) is 6.92 Å². The molecule has 2 nitrogen and oxygen atoms in total. The minimum atomic E-state index is -0.423. The van der Waals surface area contributed by atoms with Crippen molar-refractivity contribution in [3.05, 3.63) is 27.8 Å². The van der Waals surface area contributed by atoms with E-state index in [9.17, 15) is 5.11 Å². The predicted molar refractivity (Wildman–Crippen MR) is 63.3 cm³/mol. The van der Waals surface area contributed by atoms with Gasteiger partial charge in [-0.2, -0.15) is 0 Å². The summed E-state index contributed by atoms with van der Waals surface area (Å²) in [5, 5.41) is 10.8. The van der Waals surface area contributed by atoms with Crippen molar-refractivity contribution < 1.29 is 9.84 Å². The van der Waals surface area contributed by atoms with Crippen molar-refractivity contribution in [2.45, 2.75) is 38.2 Å². The summed E-state index contributed by atoms with van der Waals surface area (Å²) >= 11 is 6.27. The Bertz CT molecular complexity index is 442. The van der Waals surface area contributed by atoms with Gasteiger partial charge in [-0.1, -0.05) is 18.5 Å². The van der Waals surface area contributed by atoms with Crippen LogP contribution in [0.25, 0.3) is 0 Å². The molecule has 2 aliphatic rings. The zero-order valence-electron chi connectivity index (χ0n) is 9.29. The van der Waals surface area contributed by atoms with Gasteiger partial charge in [0.25, 0.3) is 0 Å². The Balaban J connectivity index is 2.27. The largest absolute Gasteiger partial charge is 0.493 e. The van der Waals surface area contributed by atoms with Gasteiger partial charge < -0.3 is 9.84 Å². The van der Waals surface area contributed by atoms with E-state index < -0.39 is 6.10 Å². The van der Waals surface area contributed by atoms with E-state index in [1.54, 1.807) is 0 Å². The number of aliphatic hydroxyl groups excluding tert-OH is 1. The molecule has 0 fully saturated rings. The number of halogens is 1. The molecule has 1 heterocycles. The number of ether oxygens (including phenoxy) is 1. The van der Waals surface area contributed by atoms with Crippen LogP contribution >= 0.6 is 11.6 Å². The van der Waals surface area contributed by atoms with Crippen LogP contribution in [-0.4, -0.2) is 11.7 Å². The van der Waals surface area contributed by atoms with Gasteiger partial charge in [0, 0.05) is 22.6 Å².